The summed E-state index contributed by atoms with van der Waals surface area (Å²) < 4.78 is 5.34. The van der Waals surface area contributed by atoms with Crippen LogP contribution in [0.5, 0.6) is 0 Å². The number of piperidine rings is 1. The Kier molecular flexibility index (Phi) is 6.18. The first-order valence-electron chi connectivity index (χ1n) is 11.2. The highest BCUT2D eigenvalue weighted by atomic mass is 35.5. The molecule has 1 aliphatic heterocycles. The lowest BCUT2D eigenvalue weighted by atomic mass is 9.84. The summed E-state index contributed by atoms with van der Waals surface area (Å²) in [5, 5.41) is 15.6. The molecule has 0 saturated carbocycles. The van der Waals surface area contributed by atoms with Crippen LogP contribution in [0.25, 0.3) is 11.3 Å². The molecule has 0 atom stereocenters. The molecule has 172 valence electrons. The molecule has 2 aromatic heterocycles. The van der Waals surface area contributed by atoms with E-state index in [1.54, 1.807) is 24.4 Å². The Bertz CT molecular complexity index is 1260. The molecule has 7 heteroatoms. The number of anilines is 1. The highest BCUT2D eigenvalue weighted by Crippen LogP contribution is 2.34. The average molecular weight is 474 g/mol. The third-order valence-corrected chi connectivity index (χ3v) is 6.58. The van der Waals surface area contributed by atoms with Crippen LogP contribution in [0.4, 0.5) is 5.82 Å². The van der Waals surface area contributed by atoms with E-state index in [1.165, 1.54) is 0 Å². The molecular weight excluding hydrogens is 450 g/mol. The second kappa shape index (κ2) is 9.41. The molecular formula is C27H24ClN3O3. The lowest BCUT2D eigenvalue weighted by Gasteiger charge is -2.39. The molecule has 0 radical (unpaired) electrons. The Labute approximate surface area is 202 Å². The molecule has 6 nitrogen and oxygen atoms in total. The van der Waals surface area contributed by atoms with Crippen molar-refractivity contribution in [3.63, 3.8) is 0 Å². The van der Waals surface area contributed by atoms with Crippen LogP contribution in [-0.2, 0) is 12.0 Å². The Morgan fingerprint density at radius 1 is 1.03 bits per heavy atom. The van der Waals surface area contributed by atoms with Crippen LogP contribution in [0.1, 0.15) is 34.5 Å². The summed E-state index contributed by atoms with van der Waals surface area (Å²) in [6.07, 6.45) is 3.20. The molecule has 1 aliphatic rings. The summed E-state index contributed by atoms with van der Waals surface area (Å²) >= 11 is 5.92. The zero-order valence-corrected chi connectivity index (χ0v) is 19.3. The number of halogens is 1. The van der Waals surface area contributed by atoms with Crippen LogP contribution in [0.3, 0.4) is 0 Å². The maximum Gasteiger partial charge on any atom is 0.189 e. The molecule has 0 unspecified atom stereocenters. The fraction of sp³-hybridized carbons (Fsp3) is 0.222. The van der Waals surface area contributed by atoms with Crippen molar-refractivity contribution in [2.45, 2.75) is 24.9 Å². The molecule has 5 rings (SSSR count). The van der Waals surface area contributed by atoms with E-state index in [2.05, 4.69) is 15.0 Å². The third-order valence-electron chi connectivity index (χ3n) is 6.32. The highest BCUT2D eigenvalue weighted by Gasteiger charge is 2.34. The number of pyridine rings is 1. The van der Waals surface area contributed by atoms with E-state index in [9.17, 15) is 9.90 Å². The van der Waals surface area contributed by atoms with Crippen molar-refractivity contribution in [3.05, 3.63) is 101 Å². The second-order valence-electron chi connectivity index (χ2n) is 8.59. The standard InChI is InChI=1S/C27H24ClN3O3/c28-22-9-7-20(8-10-22)25-17-23(30-34-25)24(32)16-19-6-11-26(29-18-19)31-14-12-27(33,13-15-31)21-4-2-1-3-5-21/h1-11,17-18,33H,12-16H2. The van der Waals surface area contributed by atoms with Crippen molar-refractivity contribution < 1.29 is 14.4 Å². The fourth-order valence-corrected chi connectivity index (χ4v) is 4.41. The number of rotatable bonds is 6. The van der Waals surface area contributed by atoms with E-state index in [0.29, 0.717) is 36.7 Å². The van der Waals surface area contributed by atoms with Crippen LogP contribution in [0, 0.1) is 0 Å². The quantitative estimate of drug-likeness (QED) is 0.382. The van der Waals surface area contributed by atoms with E-state index >= 15 is 0 Å². The van der Waals surface area contributed by atoms with E-state index < -0.39 is 5.60 Å². The number of ketones is 1. The molecule has 4 aromatic rings. The summed E-state index contributed by atoms with van der Waals surface area (Å²) in [5.41, 5.74) is 2.06. The van der Waals surface area contributed by atoms with Crippen molar-refractivity contribution in [3.8, 4) is 11.3 Å². The van der Waals surface area contributed by atoms with Gasteiger partial charge in [-0.1, -0.05) is 53.2 Å². The first-order valence-corrected chi connectivity index (χ1v) is 11.6. The van der Waals surface area contributed by atoms with Crippen molar-refractivity contribution in [2.75, 3.05) is 18.0 Å². The van der Waals surface area contributed by atoms with Gasteiger partial charge in [-0.2, -0.15) is 0 Å². The third kappa shape index (κ3) is 4.74. The number of aromatic nitrogens is 2. The number of hydrogen-bond acceptors (Lipinski definition) is 6. The van der Waals surface area contributed by atoms with E-state index in [4.69, 9.17) is 16.1 Å². The van der Waals surface area contributed by atoms with Gasteiger partial charge in [0, 0.05) is 42.4 Å². The van der Waals surface area contributed by atoms with Crippen LogP contribution in [-0.4, -0.2) is 34.1 Å². The Hall–Kier alpha value is -3.48. The summed E-state index contributed by atoms with van der Waals surface area (Å²) in [6.45, 7) is 1.42. The molecule has 0 bridgehead atoms. The van der Waals surface area contributed by atoms with Gasteiger partial charge in [0.15, 0.2) is 17.2 Å². The molecule has 0 aliphatic carbocycles. The fourth-order valence-electron chi connectivity index (χ4n) is 4.28. The molecule has 1 fully saturated rings. The van der Waals surface area contributed by atoms with Gasteiger partial charge in [0.2, 0.25) is 0 Å². The largest absolute Gasteiger partial charge is 0.385 e. The molecule has 1 N–H and O–H groups in total. The molecule has 3 heterocycles. The predicted molar refractivity (Wildman–Crippen MR) is 131 cm³/mol. The topological polar surface area (TPSA) is 79.5 Å². The average Bonchev–Trinajstić information content (AvgIpc) is 3.37. The monoisotopic (exact) mass is 473 g/mol. The van der Waals surface area contributed by atoms with Gasteiger partial charge in [-0.05, 0) is 54.3 Å². The number of hydrogen-bond donors (Lipinski definition) is 1. The molecule has 34 heavy (non-hydrogen) atoms. The van der Waals surface area contributed by atoms with Crippen LogP contribution < -0.4 is 4.90 Å². The highest BCUT2D eigenvalue weighted by molar-refractivity contribution is 6.30. The Balaban J connectivity index is 1.20. The Morgan fingerprint density at radius 2 is 1.76 bits per heavy atom. The predicted octanol–water partition coefficient (Wildman–Crippen LogP) is 5.30. The summed E-state index contributed by atoms with van der Waals surface area (Å²) in [4.78, 5) is 19.4. The van der Waals surface area contributed by atoms with Gasteiger partial charge in [0.1, 0.15) is 5.82 Å². The first-order chi connectivity index (χ1) is 16.5. The molecule has 0 amide bonds. The summed E-state index contributed by atoms with van der Waals surface area (Å²) in [5.74, 6) is 1.23. The minimum Gasteiger partial charge on any atom is -0.385 e. The smallest absolute Gasteiger partial charge is 0.189 e. The van der Waals surface area contributed by atoms with Crippen molar-refractivity contribution in [2.24, 2.45) is 0 Å². The number of nitrogens with zero attached hydrogens (tertiary/aromatic N) is 3. The van der Waals surface area contributed by atoms with Gasteiger partial charge in [-0.3, -0.25) is 4.79 Å². The van der Waals surface area contributed by atoms with Crippen LogP contribution in [0.15, 0.2) is 83.5 Å². The van der Waals surface area contributed by atoms with Crippen LogP contribution in [0.2, 0.25) is 5.02 Å². The second-order valence-corrected chi connectivity index (χ2v) is 9.03. The van der Waals surface area contributed by atoms with Gasteiger partial charge in [-0.25, -0.2) is 4.98 Å². The van der Waals surface area contributed by atoms with E-state index in [0.717, 1.165) is 22.5 Å². The Morgan fingerprint density at radius 3 is 2.44 bits per heavy atom. The number of carbonyl (C=O) groups is 1. The molecule has 2 aromatic carbocycles. The SMILES string of the molecule is O=C(Cc1ccc(N2CCC(O)(c3ccccc3)CC2)nc1)c1cc(-c2ccc(Cl)cc2)on1. The number of benzene rings is 2. The maximum absolute atomic E-state index is 12.7. The number of Topliss-reactive ketones (excluding diaryl/α,β-unsaturated/α-hetero) is 1. The lowest BCUT2D eigenvalue weighted by Crippen LogP contribution is -2.42. The summed E-state index contributed by atoms with van der Waals surface area (Å²) in [7, 11) is 0. The van der Waals surface area contributed by atoms with Gasteiger partial charge < -0.3 is 14.5 Å². The van der Waals surface area contributed by atoms with E-state index in [-0.39, 0.29) is 17.9 Å². The zero-order chi connectivity index (χ0) is 23.5. The lowest BCUT2D eigenvalue weighted by molar-refractivity contribution is 0.0116. The van der Waals surface area contributed by atoms with Crippen molar-refractivity contribution in [1.82, 2.24) is 10.1 Å². The minimum absolute atomic E-state index is 0.135. The number of carbonyl (C=O) groups excluding carboxylic acids is 1. The molecule has 0 spiro atoms. The van der Waals surface area contributed by atoms with Crippen molar-refractivity contribution >= 4 is 23.2 Å². The van der Waals surface area contributed by atoms with Gasteiger partial charge in [0.05, 0.1) is 5.60 Å². The van der Waals surface area contributed by atoms with Crippen molar-refractivity contribution in [1.29, 1.82) is 0 Å². The van der Waals surface area contributed by atoms with Gasteiger partial charge in [0.25, 0.3) is 0 Å². The molecule has 1 saturated heterocycles. The number of aliphatic hydroxyl groups is 1. The minimum atomic E-state index is -0.799. The van der Waals surface area contributed by atoms with Gasteiger partial charge >= 0.3 is 0 Å². The van der Waals surface area contributed by atoms with Crippen LogP contribution >= 0.6 is 11.6 Å². The maximum atomic E-state index is 12.7. The van der Waals surface area contributed by atoms with Gasteiger partial charge in [-0.15, -0.1) is 0 Å². The van der Waals surface area contributed by atoms with E-state index in [1.807, 2.05) is 54.6 Å². The normalized spacial score (nSPS) is 15.3. The summed E-state index contributed by atoms with van der Waals surface area (Å²) in [6, 6.07) is 22.5. The first kappa shape index (κ1) is 22.3. The zero-order valence-electron chi connectivity index (χ0n) is 18.5.